The highest BCUT2D eigenvalue weighted by molar-refractivity contribution is 5.99. The molecule has 1 heterocycles. The number of nitrogens with one attached hydrogen (secondary N) is 3. The number of hydrogen-bond acceptors (Lipinski definition) is 2. The number of nitrogens with zero attached hydrogens (tertiary/aromatic N) is 1. The molecule has 1 aromatic carbocycles. The lowest BCUT2D eigenvalue weighted by Gasteiger charge is -2.06. The molecule has 0 bridgehead atoms. The lowest BCUT2D eigenvalue weighted by Crippen LogP contribution is -2.20. The van der Waals surface area contributed by atoms with Crippen molar-refractivity contribution in [3.05, 3.63) is 42.1 Å². The van der Waals surface area contributed by atoms with Gasteiger partial charge in [0.25, 0.3) is 0 Å². The first kappa shape index (κ1) is 10.2. The molecule has 5 heteroatoms. The summed E-state index contributed by atoms with van der Waals surface area (Å²) in [6, 6.07) is 8.95. The maximum absolute atomic E-state index is 11.6. The summed E-state index contributed by atoms with van der Waals surface area (Å²) in [6.45, 7) is 1.86. The Morgan fingerprint density at radius 1 is 1.25 bits per heavy atom. The number of urea groups is 1. The molecule has 0 fully saturated rings. The molecule has 0 saturated heterocycles. The third-order valence-corrected chi connectivity index (χ3v) is 2.10. The van der Waals surface area contributed by atoms with Gasteiger partial charge in [0, 0.05) is 11.3 Å². The fourth-order valence-electron chi connectivity index (χ4n) is 1.27. The molecule has 0 saturated carbocycles. The molecule has 5 nitrogen and oxygen atoms in total. The van der Waals surface area contributed by atoms with Crippen LogP contribution in [0.5, 0.6) is 0 Å². The minimum absolute atomic E-state index is 0.293. The summed E-state index contributed by atoms with van der Waals surface area (Å²) in [7, 11) is 0. The third kappa shape index (κ3) is 2.38. The molecular formula is C11H12N4O. The van der Waals surface area contributed by atoms with Crippen LogP contribution in [0.3, 0.4) is 0 Å². The Kier molecular flexibility index (Phi) is 2.86. The summed E-state index contributed by atoms with van der Waals surface area (Å²) in [5, 5.41) is 11.9. The maximum Gasteiger partial charge on any atom is 0.324 e. The fourth-order valence-corrected chi connectivity index (χ4v) is 1.27. The molecule has 0 aliphatic carbocycles. The first-order valence-corrected chi connectivity index (χ1v) is 4.89. The Labute approximate surface area is 92.9 Å². The number of carbonyl (C=O) groups excluding carboxylic acids is 1. The standard InChI is InChI=1S/C11H12N4O/c1-8-7-12-15-10(8)14-11(16)13-9-5-3-2-4-6-9/h2-7H,1H3,(H3,12,13,14,15,16). The average molecular weight is 216 g/mol. The fraction of sp³-hybridized carbons (Fsp3) is 0.0909. The van der Waals surface area contributed by atoms with E-state index in [0.717, 1.165) is 11.3 Å². The van der Waals surface area contributed by atoms with Crippen molar-refractivity contribution in [1.82, 2.24) is 10.2 Å². The topological polar surface area (TPSA) is 69.8 Å². The van der Waals surface area contributed by atoms with Crippen molar-refractivity contribution in [3.8, 4) is 0 Å². The first-order valence-electron chi connectivity index (χ1n) is 4.89. The van der Waals surface area contributed by atoms with Gasteiger partial charge in [-0.3, -0.25) is 10.4 Å². The van der Waals surface area contributed by atoms with Crippen LogP contribution in [0.2, 0.25) is 0 Å². The van der Waals surface area contributed by atoms with Crippen LogP contribution in [0.4, 0.5) is 16.3 Å². The Morgan fingerprint density at radius 2 is 2.00 bits per heavy atom. The largest absolute Gasteiger partial charge is 0.324 e. The molecule has 3 N–H and O–H groups in total. The van der Waals surface area contributed by atoms with Gasteiger partial charge in [0.2, 0.25) is 0 Å². The van der Waals surface area contributed by atoms with Gasteiger partial charge in [-0.1, -0.05) is 18.2 Å². The minimum atomic E-state index is -0.293. The number of para-hydroxylation sites is 1. The number of carbonyl (C=O) groups is 1. The van der Waals surface area contributed by atoms with E-state index in [-0.39, 0.29) is 6.03 Å². The summed E-state index contributed by atoms with van der Waals surface area (Å²) in [6.07, 6.45) is 1.65. The van der Waals surface area contributed by atoms with Gasteiger partial charge in [-0.2, -0.15) is 5.10 Å². The SMILES string of the molecule is Cc1cn[nH]c1NC(=O)Nc1ccccc1. The van der Waals surface area contributed by atoms with Crippen LogP contribution in [-0.2, 0) is 0 Å². The smallest absolute Gasteiger partial charge is 0.308 e. The van der Waals surface area contributed by atoms with E-state index in [0.29, 0.717) is 5.82 Å². The van der Waals surface area contributed by atoms with Crippen LogP contribution in [0, 0.1) is 6.92 Å². The zero-order valence-corrected chi connectivity index (χ0v) is 8.82. The number of aromatic nitrogens is 2. The van der Waals surface area contributed by atoms with Gasteiger partial charge in [0.15, 0.2) is 0 Å². The maximum atomic E-state index is 11.6. The van der Waals surface area contributed by atoms with Crippen molar-refractivity contribution in [2.45, 2.75) is 6.92 Å². The van der Waals surface area contributed by atoms with E-state index in [1.54, 1.807) is 6.20 Å². The Bertz CT molecular complexity index is 478. The molecule has 0 unspecified atom stereocenters. The van der Waals surface area contributed by atoms with Crippen LogP contribution >= 0.6 is 0 Å². The molecule has 16 heavy (non-hydrogen) atoms. The first-order chi connectivity index (χ1) is 7.75. The number of aryl methyl sites for hydroxylation is 1. The van der Waals surface area contributed by atoms with E-state index in [4.69, 9.17) is 0 Å². The highest BCUT2D eigenvalue weighted by Gasteiger charge is 2.05. The van der Waals surface area contributed by atoms with Crippen LogP contribution in [0.15, 0.2) is 36.5 Å². The third-order valence-electron chi connectivity index (χ3n) is 2.10. The molecule has 0 aliphatic heterocycles. The van der Waals surface area contributed by atoms with Crippen molar-refractivity contribution >= 4 is 17.5 Å². The van der Waals surface area contributed by atoms with Gasteiger partial charge in [0.05, 0.1) is 6.20 Å². The number of rotatable bonds is 2. The van der Waals surface area contributed by atoms with Gasteiger partial charge in [-0.15, -0.1) is 0 Å². The second kappa shape index (κ2) is 4.48. The quantitative estimate of drug-likeness (QED) is 0.721. The van der Waals surface area contributed by atoms with Crippen LogP contribution in [0.25, 0.3) is 0 Å². The Hall–Kier alpha value is -2.30. The summed E-state index contributed by atoms with van der Waals surface area (Å²) in [5.74, 6) is 0.605. The second-order valence-corrected chi connectivity index (χ2v) is 3.37. The number of hydrogen-bond donors (Lipinski definition) is 3. The lowest BCUT2D eigenvalue weighted by molar-refractivity contribution is 0.262. The van der Waals surface area contributed by atoms with E-state index in [9.17, 15) is 4.79 Å². The van der Waals surface area contributed by atoms with Crippen molar-refractivity contribution in [1.29, 1.82) is 0 Å². The van der Waals surface area contributed by atoms with Gasteiger partial charge < -0.3 is 5.32 Å². The molecule has 2 rings (SSSR count). The van der Waals surface area contributed by atoms with E-state index in [2.05, 4.69) is 20.8 Å². The van der Waals surface area contributed by atoms with Crippen molar-refractivity contribution < 1.29 is 4.79 Å². The summed E-state index contributed by atoms with van der Waals surface area (Å²) in [4.78, 5) is 11.6. The van der Waals surface area contributed by atoms with E-state index < -0.39 is 0 Å². The molecule has 0 aliphatic rings. The summed E-state index contributed by atoms with van der Waals surface area (Å²) < 4.78 is 0. The highest BCUT2D eigenvalue weighted by atomic mass is 16.2. The number of amides is 2. The number of anilines is 2. The zero-order valence-electron chi connectivity index (χ0n) is 8.82. The molecular weight excluding hydrogens is 204 g/mol. The molecule has 1 aromatic heterocycles. The number of H-pyrrole nitrogens is 1. The van der Waals surface area contributed by atoms with Crippen LogP contribution in [0.1, 0.15) is 5.56 Å². The van der Waals surface area contributed by atoms with E-state index >= 15 is 0 Å². The number of benzene rings is 1. The number of aromatic amines is 1. The van der Waals surface area contributed by atoms with Crippen LogP contribution < -0.4 is 10.6 Å². The van der Waals surface area contributed by atoms with Crippen molar-refractivity contribution in [2.24, 2.45) is 0 Å². The summed E-state index contributed by atoms with van der Waals surface area (Å²) in [5.41, 5.74) is 1.64. The van der Waals surface area contributed by atoms with Crippen molar-refractivity contribution in [3.63, 3.8) is 0 Å². The molecule has 0 atom stereocenters. The molecule has 0 radical (unpaired) electrons. The Balaban J connectivity index is 1.98. The molecule has 2 aromatic rings. The normalized spacial score (nSPS) is 9.81. The monoisotopic (exact) mass is 216 g/mol. The van der Waals surface area contributed by atoms with Crippen LogP contribution in [-0.4, -0.2) is 16.2 Å². The average Bonchev–Trinajstić information content (AvgIpc) is 2.66. The predicted octanol–water partition coefficient (Wildman–Crippen LogP) is 2.36. The van der Waals surface area contributed by atoms with E-state index in [1.165, 1.54) is 0 Å². The lowest BCUT2D eigenvalue weighted by atomic mass is 10.3. The van der Waals surface area contributed by atoms with Gasteiger partial charge in [-0.25, -0.2) is 4.79 Å². The second-order valence-electron chi connectivity index (χ2n) is 3.37. The van der Waals surface area contributed by atoms with Gasteiger partial charge in [0.1, 0.15) is 5.82 Å². The zero-order chi connectivity index (χ0) is 11.4. The Morgan fingerprint density at radius 3 is 2.62 bits per heavy atom. The van der Waals surface area contributed by atoms with Gasteiger partial charge >= 0.3 is 6.03 Å². The molecule has 2 amide bonds. The highest BCUT2D eigenvalue weighted by Crippen LogP contribution is 2.10. The summed E-state index contributed by atoms with van der Waals surface area (Å²) >= 11 is 0. The van der Waals surface area contributed by atoms with Crippen molar-refractivity contribution in [2.75, 3.05) is 10.6 Å². The van der Waals surface area contributed by atoms with Gasteiger partial charge in [-0.05, 0) is 19.1 Å². The van der Waals surface area contributed by atoms with E-state index in [1.807, 2.05) is 37.3 Å². The molecule has 82 valence electrons. The molecule has 0 spiro atoms. The predicted molar refractivity (Wildman–Crippen MR) is 62.4 cm³/mol. The minimum Gasteiger partial charge on any atom is -0.308 e.